The molecule has 0 N–H and O–H groups in total. The zero-order chi connectivity index (χ0) is 16.1. The van der Waals surface area contributed by atoms with Gasteiger partial charge in [-0.1, -0.05) is 11.8 Å². The standard InChI is InChI=1S/C16H18N4O2S/c1-21-13-6-4-12(5-7-13)15-18-19-16(23-10-8-17)20(15)11-14-3-2-9-22-14/h4-7,14H,2-3,9-11H2,1H3/t14-/m1/s1. The second kappa shape index (κ2) is 7.49. The molecule has 1 aliphatic heterocycles. The molecule has 3 rings (SSSR count). The van der Waals surface area contributed by atoms with Crippen LogP contribution in [0.25, 0.3) is 11.4 Å². The van der Waals surface area contributed by atoms with Gasteiger partial charge in [-0.3, -0.25) is 4.57 Å². The van der Waals surface area contributed by atoms with E-state index in [4.69, 9.17) is 14.7 Å². The number of hydrogen-bond acceptors (Lipinski definition) is 6. The first-order valence-electron chi connectivity index (χ1n) is 7.51. The Morgan fingerprint density at radius 3 is 2.87 bits per heavy atom. The van der Waals surface area contributed by atoms with Gasteiger partial charge in [-0.05, 0) is 37.1 Å². The molecular weight excluding hydrogens is 312 g/mol. The van der Waals surface area contributed by atoms with Crippen LogP contribution in [0.1, 0.15) is 12.8 Å². The predicted octanol–water partition coefficient (Wildman–Crippen LogP) is 2.75. The normalized spacial score (nSPS) is 17.1. The van der Waals surface area contributed by atoms with E-state index >= 15 is 0 Å². The number of aromatic nitrogens is 3. The van der Waals surface area contributed by atoms with E-state index in [0.29, 0.717) is 12.3 Å². The van der Waals surface area contributed by atoms with Gasteiger partial charge in [0, 0.05) is 12.2 Å². The SMILES string of the molecule is COc1ccc(-c2nnc(SCC#N)n2C[C@H]2CCCO2)cc1. The lowest BCUT2D eigenvalue weighted by molar-refractivity contribution is 0.0953. The first-order valence-corrected chi connectivity index (χ1v) is 8.49. The lowest BCUT2D eigenvalue weighted by Crippen LogP contribution is -2.16. The quantitative estimate of drug-likeness (QED) is 0.758. The fourth-order valence-electron chi connectivity index (χ4n) is 2.60. The molecule has 7 heteroatoms. The van der Waals surface area contributed by atoms with Gasteiger partial charge in [0.15, 0.2) is 11.0 Å². The molecule has 0 radical (unpaired) electrons. The van der Waals surface area contributed by atoms with E-state index in [1.807, 2.05) is 24.3 Å². The summed E-state index contributed by atoms with van der Waals surface area (Å²) in [4.78, 5) is 0. The van der Waals surface area contributed by atoms with Crippen LogP contribution >= 0.6 is 11.8 Å². The van der Waals surface area contributed by atoms with Crippen molar-refractivity contribution < 1.29 is 9.47 Å². The fourth-order valence-corrected chi connectivity index (χ4v) is 3.21. The molecule has 1 saturated heterocycles. The van der Waals surface area contributed by atoms with Crippen molar-refractivity contribution in [3.05, 3.63) is 24.3 Å². The van der Waals surface area contributed by atoms with Crippen molar-refractivity contribution >= 4 is 11.8 Å². The third-order valence-corrected chi connectivity index (χ3v) is 4.57. The number of rotatable bonds is 6. The molecule has 0 amide bonds. The first kappa shape index (κ1) is 15.8. The third kappa shape index (κ3) is 3.66. The Labute approximate surface area is 139 Å². The highest BCUT2D eigenvalue weighted by atomic mass is 32.2. The molecule has 0 saturated carbocycles. The van der Waals surface area contributed by atoms with Crippen LogP contribution in [0.5, 0.6) is 5.75 Å². The molecule has 23 heavy (non-hydrogen) atoms. The van der Waals surface area contributed by atoms with Crippen molar-refractivity contribution in [2.24, 2.45) is 0 Å². The molecule has 6 nitrogen and oxygen atoms in total. The Kier molecular flexibility index (Phi) is 5.16. The van der Waals surface area contributed by atoms with Crippen LogP contribution in [0.2, 0.25) is 0 Å². The number of ether oxygens (including phenoxy) is 2. The lowest BCUT2D eigenvalue weighted by atomic mass is 10.2. The summed E-state index contributed by atoms with van der Waals surface area (Å²) in [6, 6.07) is 9.88. The summed E-state index contributed by atoms with van der Waals surface area (Å²) in [5.74, 6) is 1.95. The van der Waals surface area contributed by atoms with Crippen molar-refractivity contribution in [3.63, 3.8) is 0 Å². The van der Waals surface area contributed by atoms with Crippen molar-refractivity contribution in [2.45, 2.75) is 30.6 Å². The minimum absolute atomic E-state index is 0.185. The van der Waals surface area contributed by atoms with Gasteiger partial charge in [0.2, 0.25) is 0 Å². The van der Waals surface area contributed by atoms with Crippen molar-refractivity contribution in [1.29, 1.82) is 5.26 Å². The highest BCUT2D eigenvalue weighted by molar-refractivity contribution is 7.99. The Hall–Kier alpha value is -2.04. The molecule has 0 aliphatic carbocycles. The maximum absolute atomic E-state index is 8.82. The molecule has 2 aromatic rings. The minimum atomic E-state index is 0.185. The van der Waals surface area contributed by atoms with Crippen LogP contribution in [0.15, 0.2) is 29.4 Å². The van der Waals surface area contributed by atoms with Gasteiger partial charge in [-0.15, -0.1) is 10.2 Å². The van der Waals surface area contributed by atoms with Gasteiger partial charge in [-0.2, -0.15) is 5.26 Å². The largest absolute Gasteiger partial charge is 0.497 e. The molecule has 120 valence electrons. The number of thioether (sulfide) groups is 1. The van der Waals surface area contributed by atoms with Crippen molar-refractivity contribution in [1.82, 2.24) is 14.8 Å². The van der Waals surface area contributed by atoms with Crippen molar-refractivity contribution in [2.75, 3.05) is 19.5 Å². The van der Waals surface area contributed by atoms with Crippen LogP contribution in [0, 0.1) is 11.3 Å². The molecular formula is C16H18N4O2S. The topological polar surface area (TPSA) is 73.0 Å². The highest BCUT2D eigenvalue weighted by Crippen LogP contribution is 2.27. The number of benzene rings is 1. The Balaban J connectivity index is 1.90. The summed E-state index contributed by atoms with van der Waals surface area (Å²) < 4.78 is 13.0. The van der Waals surface area contributed by atoms with E-state index in [-0.39, 0.29) is 6.10 Å². The maximum Gasteiger partial charge on any atom is 0.192 e. The van der Waals surface area contributed by atoms with E-state index in [1.165, 1.54) is 11.8 Å². The number of methoxy groups -OCH3 is 1. The molecule has 0 unspecified atom stereocenters. The number of nitrogens with zero attached hydrogens (tertiary/aromatic N) is 4. The first-order chi connectivity index (χ1) is 11.3. The zero-order valence-electron chi connectivity index (χ0n) is 12.9. The second-order valence-corrected chi connectivity index (χ2v) is 6.17. The maximum atomic E-state index is 8.82. The average molecular weight is 330 g/mol. The van der Waals surface area contributed by atoms with Crippen molar-refractivity contribution in [3.8, 4) is 23.2 Å². The molecule has 0 bridgehead atoms. The predicted molar refractivity (Wildman–Crippen MR) is 87.3 cm³/mol. The van der Waals surface area contributed by atoms with Crippen LogP contribution in [0.3, 0.4) is 0 Å². The van der Waals surface area contributed by atoms with Crippen LogP contribution in [0.4, 0.5) is 0 Å². The van der Waals surface area contributed by atoms with Crippen LogP contribution in [-0.2, 0) is 11.3 Å². The third-order valence-electron chi connectivity index (χ3n) is 3.74. The van der Waals surface area contributed by atoms with E-state index in [0.717, 1.165) is 41.7 Å². The van der Waals surface area contributed by atoms with Gasteiger partial charge in [0.25, 0.3) is 0 Å². The molecule has 2 heterocycles. The molecule has 1 fully saturated rings. The Morgan fingerprint density at radius 1 is 1.39 bits per heavy atom. The Morgan fingerprint density at radius 2 is 2.22 bits per heavy atom. The highest BCUT2D eigenvalue weighted by Gasteiger charge is 2.21. The summed E-state index contributed by atoms with van der Waals surface area (Å²) >= 11 is 1.40. The fraction of sp³-hybridized carbons (Fsp3) is 0.438. The molecule has 1 atom stereocenters. The number of hydrogen-bond donors (Lipinski definition) is 0. The smallest absolute Gasteiger partial charge is 0.192 e. The summed E-state index contributed by atoms with van der Waals surface area (Å²) in [6.45, 7) is 1.52. The van der Waals surface area contributed by atoms with Gasteiger partial charge < -0.3 is 9.47 Å². The summed E-state index contributed by atoms with van der Waals surface area (Å²) in [5, 5.41) is 18.2. The van der Waals surface area contributed by atoms with Crippen LogP contribution in [-0.4, -0.2) is 40.3 Å². The van der Waals surface area contributed by atoms with Gasteiger partial charge in [-0.25, -0.2) is 0 Å². The average Bonchev–Trinajstić information content (AvgIpc) is 3.24. The summed E-state index contributed by atoms with van der Waals surface area (Å²) in [7, 11) is 1.64. The molecule has 1 aromatic heterocycles. The second-order valence-electron chi connectivity index (χ2n) is 5.23. The summed E-state index contributed by atoms with van der Waals surface area (Å²) in [5.41, 5.74) is 0.972. The van der Waals surface area contributed by atoms with E-state index in [9.17, 15) is 0 Å². The monoisotopic (exact) mass is 330 g/mol. The van der Waals surface area contributed by atoms with Gasteiger partial charge in [0.05, 0.1) is 31.6 Å². The van der Waals surface area contributed by atoms with Gasteiger partial charge >= 0.3 is 0 Å². The van der Waals surface area contributed by atoms with E-state index in [1.54, 1.807) is 7.11 Å². The van der Waals surface area contributed by atoms with Gasteiger partial charge in [0.1, 0.15) is 5.75 Å². The Bertz CT molecular complexity index is 687. The number of nitriles is 1. The van der Waals surface area contributed by atoms with E-state index in [2.05, 4.69) is 20.8 Å². The molecule has 0 spiro atoms. The lowest BCUT2D eigenvalue weighted by Gasteiger charge is -2.14. The van der Waals surface area contributed by atoms with E-state index < -0.39 is 0 Å². The molecule has 1 aromatic carbocycles. The van der Waals surface area contributed by atoms with Crippen LogP contribution < -0.4 is 4.74 Å². The zero-order valence-corrected chi connectivity index (χ0v) is 13.8. The summed E-state index contributed by atoms with van der Waals surface area (Å²) in [6.07, 6.45) is 2.32. The minimum Gasteiger partial charge on any atom is -0.497 e. The molecule has 1 aliphatic rings.